The average Bonchev–Trinajstić information content (AvgIpc) is 2.43. The van der Waals surface area contributed by atoms with Crippen LogP contribution in [0.4, 0.5) is 5.69 Å². The summed E-state index contributed by atoms with van der Waals surface area (Å²) >= 11 is 0. The standard InChI is InChI=1S/C14H20N2O4/c1-2-3-8-20-16(10-17)13(14(18)19)9-11-4-6-12(15)7-5-11/h4-7,10,13H,2-3,8-9,15H2,1H3,(H,18,19)/t13-/m0/s1. The van der Waals surface area contributed by atoms with Crippen molar-refractivity contribution in [2.45, 2.75) is 32.2 Å². The van der Waals surface area contributed by atoms with E-state index in [9.17, 15) is 14.7 Å². The zero-order valence-corrected chi connectivity index (χ0v) is 11.5. The number of hydrogen-bond acceptors (Lipinski definition) is 4. The second kappa shape index (κ2) is 8.16. The number of hydrogen-bond donors (Lipinski definition) is 2. The fourth-order valence-corrected chi connectivity index (χ4v) is 1.67. The Morgan fingerprint density at radius 1 is 1.45 bits per heavy atom. The van der Waals surface area contributed by atoms with Gasteiger partial charge >= 0.3 is 5.97 Å². The summed E-state index contributed by atoms with van der Waals surface area (Å²) in [7, 11) is 0. The van der Waals surface area contributed by atoms with Crippen LogP contribution < -0.4 is 5.73 Å². The fourth-order valence-electron chi connectivity index (χ4n) is 1.67. The number of carbonyl (C=O) groups is 2. The van der Waals surface area contributed by atoms with E-state index in [1.165, 1.54) is 0 Å². The summed E-state index contributed by atoms with van der Waals surface area (Å²) in [5, 5.41) is 10.1. The average molecular weight is 280 g/mol. The molecule has 1 amide bonds. The quantitative estimate of drug-likeness (QED) is 0.309. The van der Waals surface area contributed by atoms with Gasteiger partial charge in [-0.2, -0.15) is 0 Å². The van der Waals surface area contributed by atoms with E-state index in [0.29, 0.717) is 18.7 Å². The van der Waals surface area contributed by atoms with Crippen molar-refractivity contribution in [2.24, 2.45) is 0 Å². The van der Waals surface area contributed by atoms with Crippen LogP contribution in [-0.2, 0) is 20.8 Å². The van der Waals surface area contributed by atoms with E-state index in [0.717, 1.165) is 23.5 Å². The van der Waals surface area contributed by atoms with Gasteiger partial charge in [0.1, 0.15) is 0 Å². The van der Waals surface area contributed by atoms with Crippen molar-refractivity contribution in [3.8, 4) is 0 Å². The van der Waals surface area contributed by atoms with Gasteiger partial charge in [-0.1, -0.05) is 25.5 Å². The topological polar surface area (TPSA) is 92.9 Å². The van der Waals surface area contributed by atoms with E-state index < -0.39 is 12.0 Å². The minimum absolute atomic E-state index is 0.167. The molecule has 1 aromatic carbocycles. The molecule has 1 aromatic rings. The Balaban J connectivity index is 2.73. The fraction of sp³-hybridized carbons (Fsp3) is 0.429. The molecule has 1 rings (SSSR count). The number of carboxylic acid groups (broad SMARTS) is 1. The molecule has 0 saturated carbocycles. The lowest BCUT2D eigenvalue weighted by atomic mass is 10.1. The third kappa shape index (κ3) is 4.89. The first-order valence-electron chi connectivity index (χ1n) is 6.52. The Hall–Kier alpha value is -2.08. The maximum atomic E-state index is 11.3. The molecule has 0 radical (unpaired) electrons. The molecule has 0 unspecified atom stereocenters. The van der Waals surface area contributed by atoms with Gasteiger partial charge in [0.15, 0.2) is 6.04 Å². The number of benzene rings is 1. The summed E-state index contributed by atoms with van der Waals surface area (Å²) in [5.41, 5.74) is 6.96. The maximum absolute atomic E-state index is 11.3. The number of carboxylic acids is 1. The van der Waals surface area contributed by atoms with Gasteiger partial charge in [0.25, 0.3) is 0 Å². The van der Waals surface area contributed by atoms with Gasteiger partial charge in [0.05, 0.1) is 6.61 Å². The zero-order chi connectivity index (χ0) is 15.0. The number of nitrogen functional groups attached to an aromatic ring is 1. The highest BCUT2D eigenvalue weighted by molar-refractivity contribution is 5.76. The predicted octanol–water partition coefficient (Wildman–Crippen LogP) is 1.45. The van der Waals surface area contributed by atoms with Crippen LogP contribution in [0.5, 0.6) is 0 Å². The molecule has 0 heterocycles. The third-order valence-corrected chi connectivity index (χ3v) is 2.84. The SMILES string of the molecule is CCCCON(C=O)[C@@H](Cc1ccc(N)cc1)C(=O)O. The van der Waals surface area contributed by atoms with Gasteiger partial charge in [0, 0.05) is 12.1 Å². The van der Waals surface area contributed by atoms with Gasteiger partial charge in [0.2, 0.25) is 6.41 Å². The third-order valence-electron chi connectivity index (χ3n) is 2.84. The molecule has 6 nitrogen and oxygen atoms in total. The minimum Gasteiger partial charge on any atom is -0.480 e. The predicted molar refractivity (Wildman–Crippen MR) is 74.7 cm³/mol. The highest BCUT2D eigenvalue weighted by Gasteiger charge is 2.26. The molecule has 0 aliphatic heterocycles. The minimum atomic E-state index is -1.11. The van der Waals surface area contributed by atoms with E-state index in [1.54, 1.807) is 24.3 Å². The van der Waals surface area contributed by atoms with Gasteiger partial charge < -0.3 is 10.8 Å². The molecular formula is C14H20N2O4. The molecule has 0 aliphatic carbocycles. The molecule has 1 atom stereocenters. The molecule has 110 valence electrons. The molecule has 0 aliphatic rings. The lowest BCUT2D eigenvalue weighted by Crippen LogP contribution is -2.42. The van der Waals surface area contributed by atoms with E-state index in [4.69, 9.17) is 10.6 Å². The summed E-state index contributed by atoms with van der Waals surface area (Å²) in [6.45, 7) is 2.30. The largest absolute Gasteiger partial charge is 0.480 e. The Kier molecular flexibility index (Phi) is 6.52. The number of carbonyl (C=O) groups excluding carboxylic acids is 1. The van der Waals surface area contributed by atoms with Crippen molar-refractivity contribution in [1.82, 2.24) is 5.06 Å². The first-order valence-corrected chi connectivity index (χ1v) is 6.52. The first-order chi connectivity index (χ1) is 9.58. The monoisotopic (exact) mass is 280 g/mol. The highest BCUT2D eigenvalue weighted by atomic mass is 16.7. The Labute approximate surface area is 118 Å². The van der Waals surface area contributed by atoms with E-state index >= 15 is 0 Å². The van der Waals surface area contributed by atoms with Crippen LogP contribution in [0.1, 0.15) is 25.3 Å². The van der Waals surface area contributed by atoms with Gasteiger partial charge in [-0.05, 0) is 24.1 Å². The molecule has 0 spiro atoms. The number of unbranched alkanes of at least 4 members (excludes halogenated alkanes) is 1. The Bertz CT molecular complexity index is 433. The number of nitrogens with two attached hydrogens (primary N) is 1. The van der Waals surface area contributed by atoms with Crippen LogP contribution in [0, 0.1) is 0 Å². The molecular weight excluding hydrogens is 260 g/mol. The lowest BCUT2D eigenvalue weighted by molar-refractivity contribution is -0.196. The summed E-state index contributed by atoms with van der Waals surface area (Å²) in [6.07, 6.45) is 2.24. The molecule has 0 saturated heterocycles. The molecule has 0 aromatic heterocycles. The molecule has 20 heavy (non-hydrogen) atoms. The van der Waals surface area contributed by atoms with Gasteiger partial charge in [-0.15, -0.1) is 0 Å². The smallest absolute Gasteiger partial charge is 0.329 e. The lowest BCUT2D eigenvalue weighted by Gasteiger charge is -2.24. The van der Waals surface area contributed by atoms with Crippen molar-refractivity contribution in [3.63, 3.8) is 0 Å². The van der Waals surface area contributed by atoms with Crippen LogP contribution in [-0.4, -0.2) is 35.2 Å². The highest BCUT2D eigenvalue weighted by Crippen LogP contribution is 2.12. The second-order valence-corrected chi connectivity index (χ2v) is 4.45. The number of nitrogens with zero attached hydrogens (tertiary/aromatic N) is 1. The van der Waals surface area contributed by atoms with Crippen molar-refractivity contribution in [1.29, 1.82) is 0 Å². The molecule has 3 N–H and O–H groups in total. The molecule has 0 fully saturated rings. The van der Waals surface area contributed by atoms with Crippen molar-refractivity contribution >= 4 is 18.1 Å². The van der Waals surface area contributed by atoms with Crippen LogP contribution in [0.2, 0.25) is 0 Å². The molecule has 0 bridgehead atoms. The Morgan fingerprint density at radius 2 is 2.10 bits per heavy atom. The van der Waals surface area contributed by atoms with Gasteiger partial charge in [-0.25, -0.2) is 9.86 Å². The number of aliphatic carboxylic acids is 1. The Morgan fingerprint density at radius 3 is 2.60 bits per heavy atom. The van der Waals surface area contributed by atoms with E-state index in [1.807, 2.05) is 6.92 Å². The van der Waals surface area contributed by atoms with Crippen molar-refractivity contribution in [2.75, 3.05) is 12.3 Å². The van der Waals surface area contributed by atoms with Crippen LogP contribution >= 0.6 is 0 Å². The van der Waals surface area contributed by atoms with E-state index in [-0.39, 0.29) is 6.42 Å². The van der Waals surface area contributed by atoms with Crippen LogP contribution in [0.25, 0.3) is 0 Å². The number of anilines is 1. The summed E-state index contributed by atoms with van der Waals surface area (Å²) in [5.74, 6) is -1.11. The summed E-state index contributed by atoms with van der Waals surface area (Å²) in [6, 6.07) is 5.81. The maximum Gasteiger partial charge on any atom is 0.329 e. The number of hydroxylamine groups is 2. The number of rotatable bonds is 9. The molecule has 6 heteroatoms. The second-order valence-electron chi connectivity index (χ2n) is 4.45. The van der Waals surface area contributed by atoms with Crippen LogP contribution in [0.15, 0.2) is 24.3 Å². The van der Waals surface area contributed by atoms with Crippen LogP contribution in [0.3, 0.4) is 0 Å². The van der Waals surface area contributed by atoms with E-state index in [2.05, 4.69) is 0 Å². The summed E-state index contributed by atoms with van der Waals surface area (Å²) in [4.78, 5) is 27.5. The summed E-state index contributed by atoms with van der Waals surface area (Å²) < 4.78 is 0. The normalized spacial score (nSPS) is 11.8. The number of amides is 1. The zero-order valence-electron chi connectivity index (χ0n) is 11.5. The van der Waals surface area contributed by atoms with Gasteiger partial charge in [-0.3, -0.25) is 9.63 Å². The van der Waals surface area contributed by atoms with Crippen molar-refractivity contribution < 1.29 is 19.5 Å². The first kappa shape index (κ1) is 16.0. The van der Waals surface area contributed by atoms with Crippen molar-refractivity contribution in [3.05, 3.63) is 29.8 Å².